The fourth-order valence-corrected chi connectivity index (χ4v) is 2.62. The van der Waals surface area contributed by atoms with Gasteiger partial charge in [-0.3, -0.25) is 14.3 Å². The van der Waals surface area contributed by atoms with Gasteiger partial charge < -0.3 is 5.32 Å². The molecule has 0 atom stereocenters. The van der Waals surface area contributed by atoms with Crippen molar-refractivity contribution in [1.82, 2.24) is 9.78 Å². The van der Waals surface area contributed by atoms with Crippen LogP contribution in [0.25, 0.3) is 0 Å². The largest absolute Gasteiger partial charge is 0.322 e. The predicted octanol–water partition coefficient (Wildman–Crippen LogP) is 4.10. The number of benzene rings is 1. The average molecular weight is 334 g/mol. The highest BCUT2D eigenvalue weighted by atomic mass is 35.5. The van der Waals surface area contributed by atoms with Crippen molar-refractivity contribution >= 4 is 29.0 Å². The van der Waals surface area contributed by atoms with Crippen LogP contribution in [0.2, 0.25) is 5.15 Å². The second kappa shape index (κ2) is 7.42. The number of unbranched alkanes of at least 4 members (excludes halogenated alkanes) is 1. The monoisotopic (exact) mass is 333 g/mol. The molecule has 0 fully saturated rings. The molecule has 1 heterocycles. The number of aryl methyl sites for hydroxylation is 2. The quantitative estimate of drug-likeness (QED) is 0.809. The van der Waals surface area contributed by atoms with Crippen LogP contribution in [0.4, 0.5) is 5.69 Å². The molecule has 0 spiro atoms. The van der Waals surface area contributed by atoms with Crippen LogP contribution in [0.15, 0.2) is 24.3 Å². The number of rotatable bonds is 6. The number of hydrogen-bond donors (Lipinski definition) is 1. The summed E-state index contributed by atoms with van der Waals surface area (Å²) < 4.78 is 1.65. The van der Waals surface area contributed by atoms with Crippen LogP contribution in [0.5, 0.6) is 0 Å². The van der Waals surface area contributed by atoms with Crippen molar-refractivity contribution in [2.24, 2.45) is 0 Å². The van der Waals surface area contributed by atoms with Crippen LogP contribution >= 0.6 is 11.6 Å². The highest BCUT2D eigenvalue weighted by Gasteiger charge is 2.20. The minimum absolute atomic E-state index is 0.0531. The number of Topliss-reactive ketones (excluding diaryl/α,β-unsaturated/α-hetero) is 1. The van der Waals surface area contributed by atoms with Gasteiger partial charge in [-0.05, 0) is 32.4 Å². The Morgan fingerprint density at radius 2 is 2.09 bits per heavy atom. The lowest BCUT2D eigenvalue weighted by molar-refractivity contribution is 0.101. The van der Waals surface area contributed by atoms with Gasteiger partial charge in [0.2, 0.25) is 0 Å². The third kappa shape index (κ3) is 3.99. The van der Waals surface area contributed by atoms with Gasteiger partial charge in [-0.25, -0.2) is 0 Å². The number of amides is 1. The molecule has 1 aromatic heterocycles. The van der Waals surface area contributed by atoms with Crippen molar-refractivity contribution in [3.63, 3.8) is 0 Å². The Morgan fingerprint density at radius 1 is 1.35 bits per heavy atom. The number of aromatic nitrogens is 2. The first-order valence-corrected chi connectivity index (χ1v) is 7.97. The Hall–Kier alpha value is -2.14. The zero-order valence-electron chi connectivity index (χ0n) is 13.5. The standard InChI is InChI=1S/C17H20ClN3O2/c1-4-5-9-21-16(18)15(11(2)20-21)17(23)19-14-8-6-7-13(10-14)12(3)22/h6-8,10H,4-5,9H2,1-3H3,(H,19,23). The lowest BCUT2D eigenvalue weighted by atomic mass is 10.1. The van der Waals surface area contributed by atoms with E-state index in [1.165, 1.54) is 6.92 Å². The average Bonchev–Trinajstić information content (AvgIpc) is 2.79. The summed E-state index contributed by atoms with van der Waals surface area (Å²) in [6.45, 7) is 6.01. The first-order valence-electron chi connectivity index (χ1n) is 7.59. The van der Waals surface area contributed by atoms with Crippen molar-refractivity contribution in [2.45, 2.75) is 40.2 Å². The van der Waals surface area contributed by atoms with Crippen LogP contribution in [-0.4, -0.2) is 21.5 Å². The SMILES string of the molecule is CCCCn1nc(C)c(C(=O)Nc2cccc(C(C)=O)c2)c1Cl. The summed E-state index contributed by atoms with van der Waals surface area (Å²) in [6.07, 6.45) is 1.97. The zero-order chi connectivity index (χ0) is 17.0. The number of nitrogens with one attached hydrogen (secondary N) is 1. The number of hydrogen-bond acceptors (Lipinski definition) is 3. The topological polar surface area (TPSA) is 64.0 Å². The summed E-state index contributed by atoms with van der Waals surface area (Å²) in [5.41, 5.74) is 2.06. The summed E-state index contributed by atoms with van der Waals surface area (Å²) in [5.74, 6) is -0.376. The molecule has 1 aromatic carbocycles. The van der Waals surface area contributed by atoms with E-state index in [9.17, 15) is 9.59 Å². The highest BCUT2D eigenvalue weighted by molar-refractivity contribution is 6.33. The molecule has 122 valence electrons. The Kier molecular flexibility index (Phi) is 5.55. The van der Waals surface area contributed by atoms with E-state index in [1.54, 1.807) is 35.9 Å². The Balaban J connectivity index is 2.22. The lowest BCUT2D eigenvalue weighted by Gasteiger charge is -2.06. The maximum absolute atomic E-state index is 12.5. The van der Waals surface area contributed by atoms with Gasteiger partial charge in [0.25, 0.3) is 5.91 Å². The molecule has 1 amide bonds. The van der Waals surface area contributed by atoms with Gasteiger partial charge in [-0.1, -0.05) is 37.1 Å². The molecule has 0 aliphatic rings. The highest BCUT2D eigenvalue weighted by Crippen LogP contribution is 2.22. The first kappa shape index (κ1) is 17.2. The molecule has 23 heavy (non-hydrogen) atoms. The minimum atomic E-state index is -0.323. The van der Waals surface area contributed by atoms with Crippen LogP contribution in [0, 0.1) is 6.92 Å². The number of carbonyl (C=O) groups is 2. The summed E-state index contributed by atoms with van der Waals surface area (Å²) in [7, 11) is 0. The fraction of sp³-hybridized carbons (Fsp3) is 0.353. The van der Waals surface area contributed by atoms with Crippen molar-refractivity contribution in [3.8, 4) is 0 Å². The number of halogens is 1. The van der Waals surface area contributed by atoms with Gasteiger partial charge in [0.15, 0.2) is 5.78 Å². The van der Waals surface area contributed by atoms with Crippen molar-refractivity contribution in [2.75, 3.05) is 5.32 Å². The Bertz CT molecular complexity index is 737. The molecule has 6 heteroatoms. The number of ketones is 1. The molecular weight excluding hydrogens is 314 g/mol. The van der Waals surface area contributed by atoms with E-state index in [2.05, 4.69) is 17.3 Å². The molecule has 0 aliphatic heterocycles. The molecule has 0 saturated heterocycles. The van der Waals surface area contributed by atoms with E-state index in [4.69, 9.17) is 11.6 Å². The summed E-state index contributed by atoms with van der Waals surface area (Å²) in [6, 6.07) is 6.81. The molecule has 0 bridgehead atoms. The van der Waals surface area contributed by atoms with E-state index in [-0.39, 0.29) is 11.7 Å². The lowest BCUT2D eigenvalue weighted by Crippen LogP contribution is -2.13. The van der Waals surface area contributed by atoms with Gasteiger partial charge in [-0.2, -0.15) is 5.10 Å². The second-order valence-electron chi connectivity index (χ2n) is 5.42. The molecule has 1 N–H and O–H groups in total. The molecular formula is C17H20ClN3O2. The Morgan fingerprint density at radius 3 is 2.74 bits per heavy atom. The second-order valence-corrected chi connectivity index (χ2v) is 5.78. The van der Waals surface area contributed by atoms with Crippen molar-refractivity contribution in [3.05, 3.63) is 46.2 Å². The minimum Gasteiger partial charge on any atom is -0.322 e. The molecule has 0 radical (unpaired) electrons. The maximum atomic E-state index is 12.5. The van der Waals surface area contributed by atoms with Gasteiger partial charge in [0.1, 0.15) is 5.15 Å². The third-order valence-electron chi connectivity index (χ3n) is 3.54. The fourth-order valence-electron chi connectivity index (χ4n) is 2.28. The number of nitrogens with zero attached hydrogens (tertiary/aromatic N) is 2. The van der Waals surface area contributed by atoms with Gasteiger partial charge in [0, 0.05) is 17.8 Å². The van der Waals surface area contributed by atoms with Crippen molar-refractivity contribution in [1.29, 1.82) is 0 Å². The van der Waals surface area contributed by atoms with Gasteiger partial charge in [-0.15, -0.1) is 0 Å². The maximum Gasteiger partial charge on any atom is 0.260 e. The summed E-state index contributed by atoms with van der Waals surface area (Å²) >= 11 is 6.29. The number of anilines is 1. The molecule has 0 unspecified atom stereocenters. The summed E-state index contributed by atoms with van der Waals surface area (Å²) in [5, 5.41) is 7.45. The van der Waals surface area contributed by atoms with E-state index < -0.39 is 0 Å². The van der Waals surface area contributed by atoms with Gasteiger partial charge in [0.05, 0.1) is 11.3 Å². The van der Waals surface area contributed by atoms with E-state index in [0.29, 0.717) is 34.2 Å². The molecule has 0 aliphatic carbocycles. The molecule has 0 saturated carbocycles. The zero-order valence-corrected chi connectivity index (χ0v) is 14.3. The van der Waals surface area contributed by atoms with Crippen LogP contribution < -0.4 is 5.32 Å². The van der Waals surface area contributed by atoms with Crippen LogP contribution in [-0.2, 0) is 6.54 Å². The summed E-state index contributed by atoms with van der Waals surface area (Å²) in [4.78, 5) is 23.9. The molecule has 5 nitrogen and oxygen atoms in total. The van der Waals surface area contributed by atoms with Gasteiger partial charge >= 0.3 is 0 Å². The molecule has 2 rings (SSSR count). The first-order chi connectivity index (χ1) is 10.9. The third-order valence-corrected chi connectivity index (χ3v) is 3.93. The van der Waals surface area contributed by atoms with E-state index in [1.807, 2.05) is 0 Å². The Labute approximate surface area is 140 Å². The normalized spacial score (nSPS) is 10.6. The molecule has 2 aromatic rings. The van der Waals surface area contributed by atoms with E-state index in [0.717, 1.165) is 12.8 Å². The van der Waals surface area contributed by atoms with Crippen LogP contribution in [0.3, 0.4) is 0 Å². The smallest absolute Gasteiger partial charge is 0.260 e. The number of carbonyl (C=O) groups excluding carboxylic acids is 2. The van der Waals surface area contributed by atoms with E-state index >= 15 is 0 Å². The van der Waals surface area contributed by atoms with Crippen LogP contribution in [0.1, 0.15) is 53.1 Å². The van der Waals surface area contributed by atoms with Crippen molar-refractivity contribution < 1.29 is 9.59 Å². The predicted molar refractivity (Wildman–Crippen MR) is 91.3 cm³/mol.